The number of pyridine rings is 1. The minimum Gasteiger partial charge on any atom is -0.357 e. The maximum atomic E-state index is 14.6. The highest BCUT2D eigenvalue weighted by Gasteiger charge is 2.14. The van der Waals surface area contributed by atoms with Gasteiger partial charge in [0.2, 0.25) is 0 Å². The van der Waals surface area contributed by atoms with E-state index in [1.165, 1.54) is 24.6 Å². The van der Waals surface area contributed by atoms with Crippen molar-refractivity contribution in [2.45, 2.75) is 25.8 Å². The Balaban J connectivity index is 1.45. The standard InChI is InChI=1S/C22H22F2N4O/c23-17-7-4-15(5-8-17)14-25-22(29)26-18-12-16-6-9-20(27-21(16)19(24)13-18)28-10-2-1-3-11-28/h4-9,12-13H,1-3,10-11,14H2,(H2,25,26,29). The second-order valence-corrected chi connectivity index (χ2v) is 7.18. The molecule has 1 fully saturated rings. The molecule has 0 radical (unpaired) electrons. The number of hydrogen-bond donors (Lipinski definition) is 2. The van der Waals surface area contributed by atoms with Gasteiger partial charge in [-0.15, -0.1) is 0 Å². The summed E-state index contributed by atoms with van der Waals surface area (Å²) < 4.78 is 27.6. The number of fused-ring (bicyclic) bond motifs is 1. The highest BCUT2D eigenvalue weighted by atomic mass is 19.1. The topological polar surface area (TPSA) is 57.3 Å². The molecule has 2 heterocycles. The molecule has 1 aliphatic heterocycles. The zero-order valence-electron chi connectivity index (χ0n) is 15.9. The number of rotatable bonds is 4. The number of hydrogen-bond acceptors (Lipinski definition) is 3. The molecule has 0 saturated carbocycles. The van der Waals surface area contributed by atoms with Gasteiger partial charge in [0.25, 0.3) is 0 Å². The van der Waals surface area contributed by atoms with E-state index in [1.807, 2.05) is 12.1 Å². The lowest BCUT2D eigenvalue weighted by Crippen LogP contribution is -2.30. The molecule has 3 aromatic rings. The first-order valence-electron chi connectivity index (χ1n) is 9.73. The normalized spacial score (nSPS) is 14.1. The molecule has 0 aliphatic carbocycles. The molecule has 2 N–H and O–H groups in total. The summed E-state index contributed by atoms with van der Waals surface area (Å²) in [7, 11) is 0. The maximum Gasteiger partial charge on any atom is 0.319 e. The van der Waals surface area contributed by atoms with Crippen molar-refractivity contribution < 1.29 is 13.6 Å². The number of nitrogens with zero attached hydrogens (tertiary/aromatic N) is 2. The number of piperidine rings is 1. The number of aromatic nitrogens is 1. The molecule has 1 saturated heterocycles. The van der Waals surface area contributed by atoms with E-state index in [2.05, 4.69) is 20.5 Å². The van der Waals surface area contributed by atoms with E-state index in [4.69, 9.17) is 0 Å². The number of carbonyl (C=O) groups excluding carboxylic acids is 1. The van der Waals surface area contributed by atoms with Crippen molar-refractivity contribution in [3.8, 4) is 0 Å². The zero-order chi connectivity index (χ0) is 20.2. The van der Waals surface area contributed by atoms with Crippen molar-refractivity contribution in [2.75, 3.05) is 23.3 Å². The summed E-state index contributed by atoms with van der Waals surface area (Å²) in [6, 6.07) is 12.1. The number of carbonyl (C=O) groups is 1. The largest absolute Gasteiger partial charge is 0.357 e. The average molecular weight is 396 g/mol. The van der Waals surface area contributed by atoms with Gasteiger partial charge in [0.15, 0.2) is 5.82 Å². The van der Waals surface area contributed by atoms with Crippen LogP contribution < -0.4 is 15.5 Å². The highest BCUT2D eigenvalue weighted by molar-refractivity contribution is 5.93. The van der Waals surface area contributed by atoms with Crippen molar-refractivity contribution >= 4 is 28.4 Å². The van der Waals surface area contributed by atoms with Crippen molar-refractivity contribution in [1.82, 2.24) is 10.3 Å². The lowest BCUT2D eigenvalue weighted by molar-refractivity contribution is 0.251. The number of amides is 2. The van der Waals surface area contributed by atoms with Crippen molar-refractivity contribution in [1.29, 1.82) is 0 Å². The van der Waals surface area contributed by atoms with E-state index in [9.17, 15) is 13.6 Å². The van der Waals surface area contributed by atoms with Crippen LogP contribution in [0.4, 0.5) is 25.1 Å². The maximum absolute atomic E-state index is 14.6. The van der Waals surface area contributed by atoms with Crippen LogP contribution in [0.25, 0.3) is 10.9 Å². The highest BCUT2D eigenvalue weighted by Crippen LogP contribution is 2.26. The summed E-state index contributed by atoms with van der Waals surface area (Å²) in [6.07, 6.45) is 3.47. The summed E-state index contributed by atoms with van der Waals surface area (Å²) in [6.45, 7) is 2.12. The lowest BCUT2D eigenvalue weighted by Gasteiger charge is -2.27. The molecule has 2 aromatic carbocycles. The van der Waals surface area contributed by atoms with Gasteiger partial charge in [-0.3, -0.25) is 0 Å². The molecule has 29 heavy (non-hydrogen) atoms. The van der Waals surface area contributed by atoms with Crippen LogP contribution in [0.3, 0.4) is 0 Å². The van der Waals surface area contributed by atoms with Gasteiger partial charge in [-0.05, 0) is 61.2 Å². The monoisotopic (exact) mass is 396 g/mol. The van der Waals surface area contributed by atoms with Gasteiger partial charge in [-0.1, -0.05) is 12.1 Å². The Morgan fingerprint density at radius 3 is 2.52 bits per heavy atom. The Kier molecular flexibility index (Phi) is 5.55. The van der Waals surface area contributed by atoms with Crippen LogP contribution >= 0.6 is 0 Å². The van der Waals surface area contributed by atoms with Crippen LogP contribution in [0.2, 0.25) is 0 Å². The number of benzene rings is 2. The van der Waals surface area contributed by atoms with Gasteiger partial charge in [0.1, 0.15) is 17.2 Å². The molecule has 0 bridgehead atoms. The van der Waals surface area contributed by atoms with Gasteiger partial charge in [0.05, 0.1) is 0 Å². The van der Waals surface area contributed by atoms with Gasteiger partial charge in [-0.2, -0.15) is 0 Å². The fourth-order valence-corrected chi connectivity index (χ4v) is 3.51. The zero-order valence-corrected chi connectivity index (χ0v) is 15.9. The van der Waals surface area contributed by atoms with Crippen LogP contribution in [-0.2, 0) is 6.54 Å². The molecule has 0 atom stereocenters. The Labute approximate surface area is 167 Å². The third-order valence-electron chi connectivity index (χ3n) is 5.04. The molecule has 4 rings (SSSR count). The van der Waals surface area contributed by atoms with Crippen LogP contribution in [0.5, 0.6) is 0 Å². The van der Waals surface area contributed by atoms with E-state index in [1.54, 1.807) is 18.2 Å². The van der Waals surface area contributed by atoms with Crippen LogP contribution in [-0.4, -0.2) is 24.1 Å². The number of halogens is 2. The quantitative estimate of drug-likeness (QED) is 0.664. The number of urea groups is 1. The third kappa shape index (κ3) is 4.62. The van der Waals surface area contributed by atoms with Gasteiger partial charge >= 0.3 is 6.03 Å². The van der Waals surface area contributed by atoms with Crippen molar-refractivity contribution in [3.05, 3.63) is 65.7 Å². The number of anilines is 2. The molecule has 1 aliphatic rings. The van der Waals surface area contributed by atoms with Crippen LogP contribution in [0.1, 0.15) is 24.8 Å². The second kappa shape index (κ2) is 8.43. The molecule has 1 aromatic heterocycles. The fraction of sp³-hybridized carbons (Fsp3) is 0.273. The smallest absolute Gasteiger partial charge is 0.319 e. The molecular weight excluding hydrogens is 374 g/mol. The van der Waals surface area contributed by atoms with Crippen molar-refractivity contribution in [2.24, 2.45) is 0 Å². The Morgan fingerprint density at radius 2 is 1.76 bits per heavy atom. The fourth-order valence-electron chi connectivity index (χ4n) is 3.51. The van der Waals surface area contributed by atoms with E-state index >= 15 is 0 Å². The van der Waals surface area contributed by atoms with Crippen LogP contribution in [0.15, 0.2) is 48.5 Å². The van der Waals surface area contributed by atoms with E-state index in [0.29, 0.717) is 16.6 Å². The minimum atomic E-state index is -0.477. The van der Waals surface area contributed by atoms with Crippen molar-refractivity contribution in [3.63, 3.8) is 0 Å². The summed E-state index contributed by atoms with van der Waals surface area (Å²) in [5, 5.41) is 5.93. The summed E-state index contributed by atoms with van der Waals surface area (Å²) in [5.74, 6) is -0.0223. The molecule has 7 heteroatoms. The first kappa shape index (κ1) is 19.1. The van der Waals surface area contributed by atoms with Crippen LogP contribution in [0, 0.1) is 11.6 Å². The van der Waals surface area contributed by atoms with Gasteiger partial charge < -0.3 is 15.5 Å². The van der Waals surface area contributed by atoms with Gasteiger partial charge in [0, 0.05) is 30.7 Å². The minimum absolute atomic E-state index is 0.239. The summed E-state index contributed by atoms with van der Waals surface area (Å²) in [5.41, 5.74) is 1.41. The molecule has 5 nitrogen and oxygen atoms in total. The average Bonchev–Trinajstić information content (AvgIpc) is 2.74. The molecular formula is C22H22F2N4O. The third-order valence-corrected chi connectivity index (χ3v) is 5.04. The first-order valence-corrected chi connectivity index (χ1v) is 9.73. The molecule has 0 unspecified atom stereocenters. The second-order valence-electron chi connectivity index (χ2n) is 7.18. The lowest BCUT2D eigenvalue weighted by atomic mass is 10.1. The first-order chi connectivity index (χ1) is 14.1. The predicted molar refractivity (Wildman–Crippen MR) is 110 cm³/mol. The van der Waals surface area contributed by atoms with E-state index < -0.39 is 11.8 Å². The summed E-state index contributed by atoms with van der Waals surface area (Å²) >= 11 is 0. The number of nitrogens with one attached hydrogen (secondary N) is 2. The molecule has 0 spiro atoms. The van der Waals surface area contributed by atoms with E-state index in [-0.39, 0.29) is 12.4 Å². The summed E-state index contributed by atoms with van der Waals surface area (Å²) in [4.78, 5) is 18.8. The van der Waals surface area contributed by atoms with Gasteiger partial charge in [-0.25, -0.2) is 18.6 Å². The Hall–Kier alpha value is -3.22. The molecule has 2 amide bonds. The Bertz CT molecular complexity index is 1020. The SMILES string of the molecule is O=C(NCc1ccc(F)cc1)Nc1cc(F)c2nc(N3CCCCC3)ccc2c1. The predicted octanol–water partition coefficient (Wildman–Crippen LogP) is 4.83. The molecule has 150 valence electrons. The van der Waals surface area contributed by atoms with E-state index in [0.717, 1.165) is 37.3 Å². The Morgan fingerprint density at radius 1 is 1.00 bits per heavy atom.